The van der Waals surface area contributed by atoms with Gasteiger partial charge in [-0.1, -0.05) is 60.3 Å². The van der Waals surface area contributed by atoms with Crippen LogP contribution in [0, 0.1) is 0 Å². The lowest BCUT2D eigenvalue weighted by Crippen LogP contribution is -2.42. The quantitative estimate of drug-likeness (QED) is 0.586. The molecule has 1 heterocycles. The molecule has 0 bridgehead atoms. The van der Waals surface area contributed by atoms with Crippen molar-refractivity contribution < 1.29 is 9.53 Å². The number of nitrogens with zero attached hydrogens (tertiary/aromatic N) is 3. The highest BCUT2D eigenvalue weighted by Crippen LogP contribution is 2.19. The first-order valence-corrected chi connectivity index (χ1v) is 10.1. The van der Waals surface area contributed by atoms with Gasteiger partial charge in [0.15, 0.2) is 5.17 Å². The van der Waals surface area contributed by atoms with Crippen LogP contribution in [0.2, 0.25) is 0 Å². The topological polar surface area (TPSA) is 45.1 Å². The Morgan fingerprint density at radius 1 is 1.07 bits per heavy atom. The molecule has 1 aliphatic heterocycles. The molecule has 0 aliphatic carbocycles. The molecular formula is C21H25N3O2S. The summed E-state index contributed by atoms with van der Waals surface area (Å²) in [4.78, 5) is 21.3. The molecule has 0 N–H and O–H groups in total. The molecule has 5 nitrogen and oxygen atoms in total. The zero-order valence-corrected chi connectivity index (χ0v) is 16.4. The van der Waals surface area contributed by atoms with E-state index in [1.165, 1.54) is 17.3 Å². The largest absolute Gasteiger partial charge is 0.378 e. The molecule has 0 spiro atoms. The smallest absolute Gasteiger partial charge is 0.233 e. The lowest BCUT2D eigenvalue weighted by Gasteiger charge is -2.27. The van der Waals surface area contributed by atoms with Crippen molar-refractivity contribution in [1.82, 2.24) is 9.80 Å². The summed E-state index contributed by atoms with van der Waals surface area (Å²) >= 11 is 1.49. The summed E-state index contributed by atoms with van der Waals surface area (Å²) in [5.74, 6) is 0.516. The molecule has 2 aromatic carbocycles. The highest BCUT2D eigenvalue weighted by molar-refractivity contribution is 8.14. The number of rotatable bonds is 5. The Bertz CT molecular complexity index is 747. The summed E-state index contributed by atoms with van der Waals surface area (Å²) in [7, 11) is 2.01. The number of morpholine rings is 1. The van der Waals surface area contributed by atoms with Crippen LogP contribution in [0.4, 0.5) is 5.69 Å². The van der Waals surface area contributed by atoms with E-state index in [2.05, 4.69) is 17.0 Å². The predicted octanol–water partition coefficient (Wildman–Crippen LogP) is 3.40. The first-order chi connectivity index (χ1) is 13.2. The second-order valence-electron chi connectivity index (χ2n) is 6.35. The summed E-state index contributed by atoms with van der Waals surface area (Å²) < 4.78 is 5.33. The first kappa shape index (κ1) is 19.5. The summed E-state index contributed by atoms with van der Waals surface area (Å²) in [5, 5.41) is 0.840. The molecule has 3 rings (SSSR count). The number of hydrogen-bond acceptors (Lipinski definition) is 4. The van der Waals surface area contributed by atoms with E-state index in [9.17, 15) is 4.79 Å². The fraction of sp³-hybridized carbons (Fsp3) is 0.333. The van der Waals surface area contributed by atoms with Crippen LogP contribution in [0.1, 0.15) is 5.56 Å². The molecule has 0 radical (unpaired) electrons. The number of amidine groups is 1. The van der Waals surface area contributed by atoms with Crippen LogP contribution >= 0.6 is 11.8 Å². The third-order valence-electron chi connectivity index (χ3n) is 4.26. The number of amides is 1. The Balaban J connectivity index is 1.69. The Morgan fingerprint density at radius 2 is 1.70 bits per heavy atom. The number of aliphatic imine (C=N–C) groups is 1. The van der Waals surface area contributed by atoms with Gasteiger partial charge in [-0.25, -0.2) is 4.99 Å². The second kappa shape index (κ2) is 10.1. The summed E-state index contributed by atoms with van der Waals surface area (Å²) in [5.41, 5.74) is 2.10. The summed E-state index contributed by atoms with van der Waals surface area (Å²) in [6.07, 6.45) is 0. The van der Waals surface area contributed by atoms with Crippen LogP contribution in [-0.4, -0.2) is 60.0 Å². The maximum Gasteiger partial charge on any atom is 0.233 e. The molecule has 1 fully saturated rings. The third-order valence-corrected chi connectivity index (χ3v) is 5.31. The molecule has 0 unspecified atom stereocenters. The average Bonchev–Trinajstić information content (AvgIpc) is 2.73. The standard InChI is InChI=1S/C21H25N3O2S/c1-23(16-18-8-4-2-5-9-18)21(22-19-10-6-3-7-11-19)27-17-20(25)24-12-14-26-15-13-24/h2-11H,12-17H2,1H3. The maximum absolute atomic E-state index is 12.5. The molecular weight excluding hydrogens is 358 g/mol. The molecule has 0 aromatic heterocycles. The van der Waals surface area contributed by atoms with E-state index in [0.29, 0.717) is 32.1 Å². The number of para-hydroxylation sites is 1. The van der Waals surface area contributed by atoms with Gasteiger partial charge in [0, 0.05) is 26.7 Å². The number of hydrogen-bond donors (Lipinski definition) is 0. The minimum atomic E-state index is 0.136. The second-order valence-corrected chi connectivity index (χ2v) is 7.30. The fourth-order valence-corrected chi connectivity index (χ4v) is 3.69. The summed E-state index contributed by atoms with van der Waals surface area (Å²) in [6.45, 7) is 3.32. The Kier molecular flexibility index (Phi) is 7.30. The monoisotopic (exact) mass is 383 g/mol. The van der Waals surface area contributed by atoms with Crippen LogP contribution in [0.15, 0.2) is 65.7 Å². The number of ether oxygens (including phenoxy) is 1. The van der Waals surface area contributed by atoms with Crippen molar-refractivity contribution >= 4 is 28.5 Å². The number of carbonyl (C=O) groups excluding carboxylic acids is 1. The van der Waals surface area contributed by atoms with Crippen LogP contribution in [0.5, 0.6) is 0 Å². The van der Waals surface area contributed by atoms with Crippen molar-refractivity contribution in [3.8, 4) is 0 Å². The van der Waals surface area contributed by atoms with Crippen LogP contribution in [0.3, 0.4) is 0 Å². The third kappa shape index (κ3) is 6.12. The number of benzene rings is 2. The van der Waals surface area contributed by atoms with E-state index in [-0.39, 0.29) is 5.91 Å². The zero-order chi connectivity index (χ0) is 18.9. The Labute approximate surface area is 165 Å². The normalized spacial score (nSPS) is 14.9. The molecule has 142 valence electrons. The zero-order valence-electron chi connectivity index (χ0n) is 15.6. The molecule has 6 heteroatoms. The van der Waals surface area contributed by atoms with E-state index in [1.807, 2.05) is 60.5 Å². The van der Waals surface area contributed by atoms with Crippen molar-refractivity contribution in [2.45, 2.75) is 6.54 Å². The lowest BCUT2D eigenvalue weighted by molar-refractivity contribution is -0.132. The molecule has 1 amide bonds. The van der Waals surface area contributed by atoms with Gasteiger partial charge >= 0.3 is 0 Å². The van der Waals surface area contributed by atoms with Crippen molar-refractivity contribution in [2.75, 3.05) is 39.1 Å². The average molecular weight is 384 g/mol. The molecule has 2 aromatic rings. The van der Waals surface area contributed by atoms with E-state index in [4.69, 9.17) is 9.73 Å². The lowest BCUT2D eigenvalue weighted by atomic mass is 10.2. The minimum absolute atomic E-state index is 0.136. The van der Waals surface area contributed by atoms with Crippen molar-refractivity contribution in [2.24, 2.45) is 4.99 Å². The van der Waals surface area contributed by atoms with E-state index in [1.54, 1.807) is 0 Å². The Hall–Kier alpha value is -2.31. The van der Waals surface area contributed by atoms with Crippen molar-refractivity contribution in [3.05, 3.63) is 66.2 Å². The van der Waals surface area contributed by atoms with Gasteiger partial charge in [-0.2, -0.15) is 0 Å². The molecule has 1 saturated heterocycles. The van der Waals surface area contributed by atoms with Gasteiger partial charge in [-0.05, 0) is 17.7 Å². The first-order valence-electron chi connectivity index (χ1n) is 9.09. The minimum Gasteiger partial charge on any atom is -0.378 e. The Morgan fingerprint density at radius 3 is 2.37 bits per heavy atom. The van der Waals surface area contributed by atoms with Crippen molar-refractivity contribution in [3.63, 3.8) is 0 Å². The molecule has 0 atom stereocenters. The van der Waals surface area contributed by atoms with Gasteiger partial charge in [-0.15, -0.1) is 0 Å². The number of thioether (sulfide) groups is 1. The van der Waals surface area contributed by atoms with Gasteiger partial charge in [0.2, 0.25) is 5.91 Å². The highest BCUT2D eigenvalue weighted by atomic mass is 32.2. The maximum atomic E-state index is 12.5. The van der Waals surface area contributed by atoms with Gasteiger partial charge in [-0.3, -0.25) is 4.79 Å². The molecule has 0 saturated carbocycles. The van der Waals surface area contributed by atoms with Gasteiger partial charge in [0.05, 0.1) is 24.7 Å². The highest BCUT2D eigenvalue weighted by Gasteiger charge is 2.19. The molecule has 27 heavy (non-hydrogen) atoms. The fourth-order valence-electron chi connectivity index (χ4n) is 2.80. The van der Waals surface area contributed by atoms with E-state index < -0.39 is 0 Å². The van der Waals surface area contributed by atoms with Crippen LogP contribution in [-0.2, 0) is 16.1 Å². The van der Waals surface area contributed by atoms with Crippen LogP contribution < -0.4 is 0 Å². The van der Waals surface area contributed by atoms with Gasteiger partial charge in [0.1, 0.15) is 0 Å². The van der Waals surface area contributed by atoms with Crippen LogP contribution in [0.25, 0.3) is 0 Å². The molecule has 1 aliphatic rings. The van der Waals surface area contributed by atoms with Crippen molar-refractivity contribution in [1.29, 1.82) is 0 Å². The predicted molar refractivity (Wildman–Crippen MR) is 111 cm³/mol. The summed E-state index contributed by atoms with van der Waals surface area (Å²) in [6, 6.07) is 20.1. The number of carbonyl (C=O) groups is 1. The van der Waals surface area contributed by atoms with Gasteiger partial charge < -0.3 is 14.5 Å². The van der Waals surface area contributed by atoms with E-state index >= 15 is 0 Å². The SMILES string of the molecule is CN(Cc1ccccc1)C(=Nc1ccccc1)SCC(=O)N1CCOCC1. The van der Waals surface area contributed by atoms with E-state index in [0.717, 1.165) is 17.4 Å². The van der Waals surface area contributed by atoms with Gasteiger partial charge in [0.25, 0.3) is 0 Å².